The number of likely N-dealkylation sites (N-methyl/N-ethyl adjacent to an activating group) is 1. The number of aliphatic hydroxyl groups excluding tert-OH is 1. The van der Waals surface area contributed by atoms with Crippen molar-refractivity contribution < 1.29 is 9.90 Å². The van der Waals surface area contributed by atoms with Crippen LogP contribution in [0.25, 0.3) is 0 Å². The Kier molecular flexibility index (Phi) is 6.76. The van der Waals surface area contributed by atoms with Crippen LogP contribution in [0, 0.1) is 0 Å². The average Bonchev–Trinajstić information content (AvgIpc) is 2.82. The Morgan fingerprint density at radius 3 is 2.85 bits per heavy atom. The van der Waals surface area contributed by atoms with E-state index in [1.165, 1.54) is 0 Å². The second-order valence-electron chi connectivity index (χ2n) is 4.83. The Balaban J connectivity index is 0.00000200. The van der Waals surface area contributed by atoms with Gasteiger partial charge in [0.1, 0.15) is 0 Å². The number of halogens is 2. The van der Waals surface area contributed by atoms with Crippen LogP contribution >= 0.6 is 24.0 Å². The lowest BCUT2D eigenvalue weighted by Crippen LogP contribution is -2.43. The predicted molar refractivity (Wildman–Crippen MR) is 82.2 cm³/mol. The lowest BCUT2D eigenvalue weighted by atomic mass is 10.1. The summed E-state index contributed by atoms with van der Waals surface area (Å²) in [6, 6.07) is 7.26. The number of hydrogen-bond acceptors (Lipinski definition) is 3. The summed E-state index contributed by atoms with van der Waals surface area (Å²) in [5.74, 6) is 0.0408. The van der Waals surface area contributed by atoms with Crippen LogP contribution in [0.5, 0.6) is 0 Å². The molecule has 1 aliphatic rings. The van der Waals surface area contributed by atoms with Crippen molar-refractivity contribution in [2.45, 2.75) is 32.0 Å². The zero-order valence-corrected chi connectivity index (χ0v) is 13.0. The molecule has 1 heterocycles. The maximum Gasteiger partial charge on any atom is 0.240 e. The van der Waals surface area contributed by atoms with E-state index in [1.54, 1.807) is 4.90 Å². The molecule has 4 nitrogen and oxygen atoms in total. The molecule has 2 N–H and O–H groups in total. The van der Waals surface area contributed by atoms with Gasteiger partial charge in [-0.3, -0.25) is 4.79 Å². The zero-order valence-electron chi connectivity index (χ0n) is 11.4. The summed E-state index contributed by atoms with van der Waals surface area (Å²) < 4.78 is 0. The number of aliphatic hydroxyl groups is 1. The van der Waals surface area contributed by atoms with E-state index in [1.807, 2.05) is 31.2 Å². The standard InChI is InChI=1S/C14H19ClN2O2.ClH/c1-2-17(9-10-4-3-5-11(15)6-10)14(19)13-7-12(18)8-16-13;/h3-6,12-13,16,18H,2,7-9H2,1H3;1H. The fourth-order valence-electron chi connectivity index (χ4n) is 2.33. The molecule has 0 aliphatic carbocycles. The molecular weight excluding hydrogens is 299 g/mol. The third-order valence-electron chi connectivity index (χ3n) is 3.36. The molecule has 1 aromatic carbocycles. The van der Waals surface area contributed by atoms with Gasteiger partial charge in [0, 0.05) is 24.7 Å². The number of carbonyl (C=O) groups excluding carboxylic acids is 1. The third kappa shape index (κ3) is 4.35. The zero-order chi connectivity index (χ0) is 13.8. The van der Waals surface area contributed by atoms with Crippen LogP contribution in [0.2, 0.25) is 5.02 Å². The van der Waals surface area contributed by atoms with Gasteiger partial charge in [0.05, 0.1) is 12.1 Å². The normalized spacial score (nSPS) is 21.4. The lowest BCUT2D eigenvalue weighted by Gasteiger charge is -2.24. The summed E-state index contributed by atoms with van der Waals surface area (Å²) in [7, 11) is 0. The van der Waals surface area contributed by atoms with Gasteiger partial charge >= 0.3 is 0 Å². The molecule has 2 unspecified atom stereocenters. The van der Waals surface area contributed by atoms with Gasteiger partial charge < -0.3 is 15.3 Å². The number of β-amino-alcohol motifs (C(OH)–C–C–N with tert-alkyl or cyclic N) is 1. The van der Waals surface area contributed by atoms with E-state index in [0.717, 1.165) is 5.56 Å². The molecule has 1 fully saturated rings. The molecule has 0 spiro atoms. The first-order valence-corrected chi connectivity index (χ1v) is 6.92. The maximum atomic E-state index is 12.3. The lowest BCUT2D eigenvalue weighted by molar-refractivity contribution is -0.133. The highest BCUT2D eigenvalue weighted by atomic mass is 35.5. The number of amides is 1. The fraction of sp³-hybridized carbons (Fsp3) is 0.500. The molecule has 1 aromatic rings. The van der Waals surface area contributed by atoms with Crippen LogP contribution < -0.4 is 5.32 Å². The minimum absolute atomic E-state index is 0. The van der Waals surface area contributed by atoms with Crippen LogP contribution in [0.3, 0.4) is 0 Å². The molecule has 2 atom stereocenters. The minimum atomic E-state index is -0.418. The summed E-state index contributed by atoms with van der Waals surface area (Å²) in [5.41, 5.74) is 1.02. The van der Waals surface area contributed by atoms with Gasteiger partial charge in [-0.1, -0.05) is 23.7 Å². The molecule has 0 radical (unpaired) electrons. The van der Waals surface area contributed by atoms with Gasteiger partial charge in [0.2, 0.25) is 5.91 Å². The molecular formula is C14H20Cl2N2O2. The first-order chi connectivity index (χ1) is 9.10. The molecule has 1 saturated heterocycles. The second-order valence-corrected chi connectivity index (χ2v) is 5.27. The monoisotopic (exact) mass is 318 g/mol. The molecule has 6 heteroatoms. The van der Waals surface area contributed by atoms with Crippen molar-refractivity contribution in [2.75, 3.05) is 13.1 Å². The van der Waals surface area contributed by atoms with Crippen molar-refractivity contribution >= 4 is 29.9 Å². The molecule has 112 valence electrons. The van der Waals surface area contributed by atoms with Crippen LogP contribution in [0.1, 0.15) is 18.9 Å². The highest BCUT2D eigenvalue weighted by Crippen LogP contribution is 2.15. The van der Waals surface area contributed by atoms with E-state index in [2.05, 4.69) is 5.32 Å². The number of nitrogens with one attached hydrogen (secondary N) is 1. The van der Waals surface area contributed by atoms with Gasteiger partial charge in [-0.15, -0.1) is 12.4 Å². The van der Waals surface area contributed by atoms with Crippen molar-refractivity contribution in [3.8, 4) is 0 Å². The van der Waals surface area contributed by atoms with Gasteiger partial charge in [-0.05, 0) is 31.0 Å². The minimum Gasteiger partial charge on any atom is -0.392 e. The maximum absolute atomic E-state index is 12.3. The van der Waals surface area contributed by atoms with Gasteiger partial charge in [0.15, 0.2) is 0 Å². The van der Waals surface area contributed by atoms with Crippen molar-refractivity contribution in [1.82, 2.24) is 10.2 Å². The SMILES string of the molecule is CCN(Cc1cccc(Cl)c1)C(=O)C1CC(O)CN1.Cl. The number of rotatable bonds is 4. The molecule has 0 bridgehead atoms. The van der Waals surface area contributed by atoms with E-state index in [4.69, 9.17) is 11.6 Å². The summed E-state index contributed by atoms with van der Waals surface area (Å²) >= 11 is 5.95. The summed E-state index contributed by atoms with van der Waals surface area (Å²) in [5, 5.41) is 13.2. The molecule has 20 heavy (non-hydrogen) atoms. The molecule has 0 saturated carbocycles. The predicted octanol–water partition coefficient (Wildman–Crippen LogP) is 1.83. The number of benzene rings is 1. The van der Waals surface area contributed by atoms with E-state index in [-0.39, 0.29) is 24.4 Å². The van der Waals surface area contributed by atoms with E-state index < -0.39 is 6.10 Å². The Labute approximate surface area is 130 Å². The number of carbonyl (C=O) groups is 1. The smallest absolute Gasteiger partial charge is 0.240 e. The molecule has 1 aliphatic heterocycles. The van der Waals surface area contributed by atoms with E-state index >= 15 is 0 Å². The Morgan fingerprint density at radius 2 is 2.30 bits per heavy atom. The highest BCUT2D eigenvalue weighted by molar-refractivity contribution is 6.30. The van der Waals surface area contributed by atoms with Crippen molar-refractivity contribution in [3.63, 3.8) is 0 Å². The summed E-state index contributed by atoms with van der Waals surface area (Å²) in [4.78, 5) is 14.1. The summed E-state index contributed by atoms with van der Waals surface area (Å²) in [6.45, 7) is 3.63. The largest absolute Gasteiger partial charge is 0.392 e. The van der Waals surface area contributed by atoms with Gasteiger partial charge in [0.25, 0.3) is 0 Å². The van der Waals surface area contributed by atoms with Crippen LogP contribution in [0.4, 0.5) is 0 Å². The van der Waals surface area contributed by atoms with Crippen LogP contribution in [0.15, 0.2) is 24.3 Å². The topological polar surface area (TPSA) is 52.6 Å². The fourth-order valence-corrected chi connectivity index (χ4v) is 2.54. The second kappa shape index (κ2) is 7.84. The van der Waals surface area contributed by atoms with Crippen LogP contribution in [-0.4, -0.2) is 41.1 Å². The number of hydrogen-bond donors (Lipinski definition) is 2. The quantitative estimate of drug-likeness (QED) is 0.890. The Morgan fingerprint density at radius 1 is 1.55 bits per heavy atom. The highest BCUT2D eigenvalue weighted by Gasteiger charge is 2.30. The van der Waals surface area contributed by atoms with Crippen molar-refractivity contribution in [3.05, 3.63) is 34.9 Å². The van der Waals surface area contributed by atoms with Crippen LogP contribution in [-0.2, 0) is 11.3 Å². The third-order valence-corrected chi connectivity index (χ3v) is 3.60. The molecule has 1 amide bonds. The van der Waals surface area contributed by atoms with E-state index in [9.17, 15) is 9.90 Å². The Bertz CT molecular complexity index is 457. The Hall–Kier alpha value is -0.810. The van der Waals surface area contributed by atoms with Gasteiger partial charge in [-0.2, -0.15) is 0 Å². The first-order valence-electron chi connectivity index (χ1n) is 6.55. The summed E-state index contributed by atoms with van der Waals surface area (Å²) in [6.07, 6.45) is 0.0732. The molecule has 2 rings (SSSR count). The molecule has 0 aromatic heterocycles. The van der Waals surface area contributed by atoms with E-state index in [0.29, 0.717) is 31.1 Å². The van der Waals surface area contributed by atoms with Gasteiger partial charge in [-0.25, -0.2) is 0 Å². The number of nitrogens with zero attached hydrogens (tertiary/aromatic N) is 1. The first kappa shape index (κ1) is 17.2. The van der Waals surface area contributed by atoms with Crippen molar-refractivity contribution in [2.24, 2.45) is 0 Å². The average molecular weight is 319 g/mol. The van der Waals surface area contributed by atoms with Crippen molar-refractivity contribution in [1.29, 1.82) is 0 Å².